The second-order valence-electron chi connectivity index (χ2n) is 6.07. The minimum Gasteiger partial charge on any atom is -0.300 e. The van der Waals surface area contributed by atoms with E-state index < -0.39 is 0 Å². The van der Waals surface area contributed by atoms with Gasteiger partial charge < -0.3 is 5.32 Å². The Kier molecular flexibility index (Phi) is 4.98. The van der Waals surface area contributed by atoms with Crippen molar-refractivity contribution in [1.29, 1.82) is 0 Å². The molecule has 0 atom stereocenters. The van der Waals surface area contributed by atoms with Crippen molar-refractivity contribution in [3.63, 3.8) is 0 Å². The number of amides is 1. The molecule has 25 heavy (non-hydrogen) atoms. The fraction of sp³-hybridized carbons (Fsp3) is 0.412. The van der Waals surface area contributed by atoms with Crippen LogP contribution in [0.25, 0.3) is 11.0 Å². The molecule has 0 aliphatic heterocycles. The summed E-state index contributed by atoms with van der Waals surface area (Å²) in [5, 5.41) is 12.2. The van der Waals surface area contributed by atoms with Crippen molar-refractivity contribution in [2.45, 2.75) is 46.2 Å². The Morgan fingerprint density at radius 1 is 1.20 bits per heavy atom. The molecular formula is C17H21N5O2S. The van der Waals surface area contributed by atoms with E-state index in [0.29, 0.717) is 18.2 Å². The summed E-state index contributed by atoms with van der Waals surface area (Å²) in [6, 6.07) is 7.63. The molecule has 0 aliphatic rings. The van der Waals surface area contributed by atoms with E-state index in [4.69, 9.17) is 0 Å². The monoisotopic (exact) mass is 359 g/mol. The predicted octanol–water partition coefficient (Wildman–Crippen LogP) is 2.83. The third-order valence-electron chi connectivity index (χ3n) is 3.98. The Bertz CT molecular complexity index is 954. The van der Waals surface area contributed by atoms with Gasteiger partial charge in [-0.3, -0.25) is 13.9 Å². The van der Waals surface area contributed by atoms with Crippen LogP contribution in [0.3, 0.4) is 0 Å². The number of aryl methyl sites for hydroxylation is 2. The van der Waals surface area contributed by atoms with E-state index in [1.807, 2.05) is 45.0 Å². The number of carbonyl (C=O) groups excluding carboxylic acids is 1. The average Bonchev–Trinajstić information content (AvgIpc) is 3.15. The van der Waals surface area contributed by atoms with Gasteiger partial charge in [-0.1, -0.05) is 37.3 Å². The SMILES string of the molecule is CCn1c(=O)n(CCC(=O)Nc2nnc(C(C)C)s2)c2ccccc21. The highest BCUT2D eigenvalue weighted by Gasteiger charge is 2.14. The van der Waals surface area contributed by atoms with E-state index in [-0.39, 0.29) is 23.9 Å². The Morgan fingerprint density at radius 2 is 1.88 bits per heavy atom. The molecule has 7 nitrogen and oxygen atoms in total. The quantitative estimate of drug-likeness (QED) is 0.734. The molecular weight excluding hydrogens is 338 g/mol. The molecule has 0 bridgehead atoms. The molecule has 0 unspecified atom stereocenters. The average molecular weight is 359 g/mol. The number of imidazole rings is 1. The third kappa shape index (κ3) is 3.48. The minimum absolute atomic E-state index is 0.0884. The molecule has 0 fully saturated rings. The number of aromatic nitrogens is 4. The van der Waals surface area contributed by atoms with Gasteiger partial charge in [0.2, 0.25) is 11.0 Å². The van der Waals surface area contributed by atoms with E-state index in [0.717, 1.165) is 16.0 Å². The van der Waals surface area contributed by atoms with Crippen molar-refractivity contribution in [2.24, 2.45) is 0 Å². The van der Waals surface area contributed by atoms with Gasteiger partial charge in [0.15, 0.2) is 0 Å². The van der Waals surface area contributed by atoms with Crippen LogP contribution in [0.2, 0.25) is 0 Å². The third-order valence-corrected chi connectivity index (χ3v) is 5.12. The number of rotatable bonds is 6. The highest BCUT2D eigenvalue weighted by molar-refractivity contribution is 7.15. The summed E-state index contributed by atoms with van der Waals surface area (Å²) in [4.78, 5) is 24.7. The smallest absolute Gasteiger partial charge is 0.300 e. The first-order chi connectivity index (χ1) is 12.0. The van der Waals surface area contributed by atoms with E-state index in [9.17, 15) is 9.59 Å². The molecule has 0 saturated carbocycles. The van der Waals surface area contributed by atoms with Crippen LogP contribution in [-0.4, -0.2) is 25.2 Å². The van der Waals surface area contributed by atoms with Crippen molar-refractivity contribution in [2.75, 3.05) is 5.32 Å². The molecule has 0 spiro atoms. The number of anilines is 1. The first kappa shape index (κ1) is 17.3. The van der Waals surface area contributed by atoms with Crippen LogP contribution in [-0.2, 0) is 17.9 Å². The summed E-state index contributed by atoms with van der Waals surface area (Å²) in [5.74, 6) is 0.105. The molecule has 0 aliphatic carbocycles. The van der Waals surface area contributed by atoms with Gasteiger partial charge in [-0.05, 0) is 19.1 Å². The number of benzene rings is 1. The molecule has 2 aromatic heterocycles. The van der Waals surface area contributed by atoms with Gasteiger partial charge in [0.05, 0.1) is 11.0 Å². The van der Waals surface area contributed by atoms with Crippen LogP contribution >= 0.6 is 11.3 Å². The maximum absolute atomic E-state index is 12.5. The summed E-state index contributed by atoms with van der Waals surface area (Å²) < 4.78 is 3.37. The van der Waals surface area contributed by atoms with Crippen LogP contribution in [0.15, 0.2) is 29.1 Å². The van der Waals surface area contributed by atoms with E-state index in [2.05, 4.69) is 15.5 Å². The van der Waals surface area contributed by atoms with Gasteiger partial charge in [0.1, 0.15) is 5.01 Å². The lowest BCUT2D eigenvalue weighted by Crippen LogP contribution is -2.25. The largest absolute Gasteiger partial charge is 0.329 e. The van der Waals surface area contributed by atoms with E-state index in [1.165, 1.54) is 11.3 Å². The Labute approximate surface area is 149 Å². The van der Waals surface area contributed by atoms with E-state index >= 15 is 0 Å². The van der Waals surface area contributed by atoms with Crippen molar-refractivity contribution >= 4 is 33.4 Å². The van der Waals surface area contributed by atoms with Crippen molar-refractivity contribution in [3.05, 3.63) is 39.8 Å². The lowest BCUT2D eigenvalue weighted by atomic mass is 10.2. The predicted molar refractivity (Wildman–Crippen MR) is 99.1 cm³/mol. The summed E-state index contributed by atoms with van der Waals surface area (Å²) in [6.45, 7) is 6.92. The molecule has 8 heteroatoms. The number of hydrogen-bond acceptors (Lipinski definition) is 5. The fourth-order valence-electron chi connectivity index (χ4n) is 2.71. The highest BCUT2D eigenvalue weighted by Crippen LogP contribution is 2.22. The van der Waals surface area contributed by atoms with Gasteiger partial charge in [0, 0.05) is 25.4 Å². The number of para-hydroxylation sites is 2. The lowest BCUT2D eigenvalue weighted by Gasteiger charge is -2.03. The molecule has 1 N–H and O–H groups in total. The molecule has 1 amide bonds. The Balaban J connectivity index is 1.73. The standard InChI is InChI=1S/C17H21N5O2S/c1-4-21-12-7-5-6-8-13(12)22(17(21)24)10-9-14(23)18-16-20-19-15(25-16)11(2)3/h5-8,11H,4,9-10H2,1-3H3,(H,18,20,23). The zero-order valence-corrected chi connectivity index (χ0v) is 15.3. The maximum atomic E-state index is 12.5. The van der Waals surface area contributed by atoms with Gasteiger partial charge in [-0.2, -0.15) is 0 Å². The van der Waals surface area contributed by atoms with Gasteiger partial charge in [-0.15, -0.1) is 10.2 Å². The molecule has 1 aromatic carbocycles. The van der Waals surface area contributed by atoms with Crippen molar-refractivity contribution in [1.82, 2.24) is 19.3 Å². The zero-order chi connectivity index (χ0) is 18.0. The van der Waals surface area contributed by atoms with Gasteiger partial charge >= 0.3 is 5.69 Å². The van der Waals surface area contributed by atoms with E-state index in [1.54, 1.807) is 9.13 Å². The van der Waals surface area contributed by atoms with Crippen LogP contribution in [0.5, 0.6) is 0 Å². The summed E-state index contributed by atoms with van der Waals surface area (Å²) >= 11 is 1.38. The van der Waals surface area contributed by atoms with Crippen LogP contribution in [0, 0.1) is 0 Å². The summed E-state index contributed by atoms with van der Waals surface area (Å²) in [5.41, 5.74) is 1.65. The molecule has 3 rings (SSSR count). The molecule has 0 saturated heterocycles. The number of nitrogens with one attached hydrogen (secondary N) is 1. The summed E-state index contributed by atoms with van der Waals surface area (Å²) in [7, 11) is 0. The summed E-state index contributed by atoms with van der Waals surface area (Å²) in [6.07, 6.45) is 0.203. The first-order valence-corrected chi connectivity index (χ1v) is 9.14. The normalized spacial score (nSPS) is 11.4. The number of hydrogen-bond donors (Lipinski definition) is 1. The second kappa shape index (κ2) is 7.18. The number of carbonyl (C=O) groups is 1. The van der Waals surface area contributed by atoms with Gasteiger partial charge in [0.25, 0.3) is 0 Å². The number of fused-ring (bicyclic) bond motifs is 1. The van der Waals surface area contributed by atoms with Gasteiger partial charge in [-0.25, -0.2) is 4.79 Å². The van der Waals surface area contributed by atoms with Crippen molar-refractivity contribution < 1.29 is 4.79 Å². The zero-order valence-electron chi connectivity index (χ0n) is 14.5. The topological polar surface area (TPSA) is 81.8 Å². The maximum Gasteiger partial charge on any atom is 0.329 e. The fourth-order valence-corrected chi connectivity index (χ4v) is 3.47. The lowest BCUT2D eigenvalue weighted by molar-refractivity contribution is -0.116. The molecule has 3 aromatic rings. The first-order valence-electron chi connectivity index (χ1n) is 8.32. The molecule has 2 heterocycles. The minimum atomic E-state index is -0.174. The Hall–Kier alpha value is -2.48. The Morgan fingerprint density at radius 3 is 2.48 bits per heavy atom. The second-order valence-corrected chi connectivity index (χ2v) is 7.07. The van der Waals surface area contributed by atoms with Crippen LogP contribution in [0.4, 0.5) is 5.13 Å². The molecule has 132 valence electrons. The van der Waals surface area contributed by atoms with Crippen molar-refractivity contribution in [3.8, 4) is 0 Å². The van der Waals surface area contributed by atoms with Crippen LogP contribution < -0.4 is 11.0 Å². The molecule has 0 radical (unpaired) electrons. The number of nitrogens with zero attached hydrogens (tertiary/aromatic N) is 4. The highest BCUT2D eigenvalue weighted by atomic mass is 32.1. The van der Waals surface area contributed by atoms with Crippen LogP contribution in [0.1, 0.15) is 38.1 Å².